The molecule has 1 rings (SSSR count). The van der Waals surface area contributed by atoms with Crippen LogP contribution in [0.5, 0.6) is 0 Å². The highest BCUT2D eigenvalue weighted by Gasteiger charge is 2.06. The molecular weight excluding hydrogens is 146 g/mol. The van der Waals surface area contributed by atoms with Gasteiger partial charge in [0.2, 0.25) is 0 Å². The van der Waals surface area contributed by atoms with Crippen LogP contribution in [0.4, 0.5) is 0 Å². The lowest BCUT2D eigenvalue weighted by atomic mass is 10.1. The number of hydrogen-bond acceptors (Lipinski definition) is 1. The van der Waals surface area contributed by atoms with E-state index in [9.17, 15) is 0 Å². The maximum absolute atomic E-state index is 4.48. The van der Waals surface area contributed by atoms with Crippen molar-refractivity contribution in [2.45, 2.75) is 27.7 Å². The Morgan fingerprint density at radius 2 is 2.08 bits per heavy atom. The van der Waals surface area contributed by atoms with Gasteiger partial charge >= 0.3 is 0 Å². The van der Waals surface area contributed by atoms with E-state index in [2.05, 4.69) is 44.8 Å². The molecule has 0 radical (unpaired) electrons. The van der Waals surface area contributed by atoms with E-state index < -0.39 is 0 Å². The first-order chi connectivity index (χ1) is 5.61. The fourth-order valence-corrected chi connectivity index (χ4v) is 1.34. The molecule has 0 aliphatic carbocycles. The predicted molar refractivity (Wildman–Crippen MR) is 54.3 cm³/mol. The lowest BCUT2D eigenvalue weighted by Crippen LogP contribution is -1.94. The van der Waals surface area contributed by atoms with E-state index in [1.54, 1.807) is 0 Å². The second kappa shape index (κ2) is 3.70. The van der Waals surface area contributed by atoms with Crippen molar-refractivity contribution in [2.75, 3.05) is 0 Å². The number of rotatable bonds is 1. The summed E-state index contributed by atoms with van der Waals surface area (Å²) >= 11 is 0. The Morgan fingerprint density at radius 1 is 1.42 bits per heavy atom. The molecule has 0 aromatic rings. The summed E-state index contributed by atoms with van der Waals surface area (Å²) in [6, 6.07) is 0. The smallest absolute Gasteiger partial charge is 0.0454 e. The third-order valence-corrected chi connectivity index (χ3v) is 2.05. The average molecular weight is 163 g/mol. The van der Waals surface area contributed by atoms with Crippen molar-refractivity contribution >= 4 is 6.21 Å². The van der Waals surface area contributed by atoms with Crippen LogP contribution in [0.3, 0.4) is 0 Å². The fourth-order valence-electron chi connectivity index (χ4n) is 1.34. The van der Waals surface area contributed by atoms with Crippen molar-refractivity contribution in [1.82, 2.24) is 0 Å². The van der Waals surface area contributed by atoms with Crippen molar-refractivity contribution in [3.8, 4) is 0 Å². The summed E-state index contributed by atoms with van der Waals surface area (Å²) in [4.78, 5) is 4.48. The Labute approximate surface area is 74.9 Å². The van der Waals surface area contributed by atoms with E-state index in [-0.39, 0.29) is 0 Å². The largest absolute Gasteiger partial charge is 0.265 e. The molecule has 0 fully saturated rings. The van der Waals surface area contributed by atoms with Crippen molar-refractivity contribution in [3.05, 3.63) is 23.4 Å². The van der Waals surface area contributed by atoms with Gasteiger partial charge in [-0.05, 0) is 18.4 Å². The standard InChI is InChI=1S/C11H17N/c1-8(2)11-10(4)6-5-9(3)7-12-11/h5-9H,1-4H3. The zero-order valence-corrected chi connectivity index (χ0v) is 8.33. The normalized spacial score (nSPS) is 23.6. The van der Waals surface area contributed by atoms with Gasteiger partial charge in [-0.2, -0.15) is 0 Å². The predicted octanol–water partition coefficient (Wildman–Crippen LogP) is 3.19. The molecule has 0 amide bonds. The minimum atomic E-state index is 0.469. The Kier molecular flexibility index (Phi) is 2.85. The second-order valence-corrected chi connectivity index (χ2v) is 3.72. The van der Waals surface area contributed by atoms with Crippen LogP contribution in [-0.2, 0) is 0 Å². The van der Waals surface area contributed by atoms with E-state index in [4.69, 9.17) is 0 Å². The van der Waals surface area contributed by atoms with Gasteiger partial charge in [-0.15, -0.1) is 0 Å². The quantitative estimate of drug-likeness (QED) is 0.563. The molecule has 0 saturated carbocycles. The Bertz CT molecular complexity index is 244. The number of aliphatic imine (C=N–C) groups is 1. The summed E-state index contributed by atoms with van der Waals surface area (Å²) in [5.74, 6) is 0.993. The third kappa shape index (κ3) is 2.07. The molecule has 1 heteroatoms. The highest BCUT2D eigenvalue weighted by molar-refractivity contribution is 5.65. The molecule has 1 heterocycles. The van der Waals surface area contributed by atoms with E-state index in [0.717, 1.165) is 0 Å². The minimum absolute atomic E-state index is 0.469. The fraction of sp³-hybridized carbons (Fsp3) is 0.545. The Morgan fingerprint density at radius 3 is 2.67 bits per heavy atom. The van der Waals surface area contributed by atoms with Crippen molar-refractivity contribution < 1.29 is 0 Å². The van der Waals surface area contributed by atoms with Gasteiger partial charge < -0.3 is 0 Å². The van der Waals surface area contributed by atoms with Crippen LogP contribution in [0.2, 0.25) is 0 Å². The summed E-state index contributed by atoms with van der Waals surface area (Å²) in [5, 5.41) is 0. The number of allylic oxidation sites excluding steroid dienone is 4. The summed E-state index contributed by atoms with van der Waals surface area (Å²) in [6.07, 6.45) is 6.38. The van der Waals surface area contributed by atoms with Gasteiger partial charge in [-0.3, -0.25) is 4.99 Å². The maximum Gasteiger partial charge on any atom is 0.0454 e. The topological polar surface area (TPSA) is 12.4 Å². The molecule has 1 atom stereocenters. The van der Waals surface area contributed by atoms with Crippen LogP contribution in [0.25, 0.3) is 0 Å². The van der Waals surface area contributed by atoms with Gasteiger partial charge in [0.25, 0.3) is 0 Å². The molecule has 0 saturated heterocycles. The highest BCUT2D eigenvalue weighted by atomic mass is 14.7. The first-order valence-corrected chi connectivity index (χ1v) is 4.54. The molecule has 12 heavy (non-hydrogen) atoms. The van der Waals surface area contributed by atoms with E-state index in [1.807, 2.05) is 6.21 Å². The van der Waals surface area contributed by atoms with Crippen LogP contribution in [0.1, 0.15) is 27.7 Å². The first-order valence-electron chi connectivity index (χ1n) is 4.54. The van der Waals surface area contributed by atoms with Crippen LogP contribution >= 0.6 is 0 Å². The lowest BCUT2D eigenvalue weighted by Gasteiger charge is -2.06. The van der Waals surface area contributed by atoms with Gasteiger partial charge in [0.05, 0.1) is 0 Å². The Balaban J connectivity index is 2.96. The molecule has 1 nitrogen and oxygen atoms in total. The van der Waals surface area contributed by atoms with Gasteiger partial charge in [0.15, 0.2) is 0 Å². The van der Waals surface area contributed by atoms with Crippen LogP contribution < -0.4 is 0 Å². The van der Waals surface area contributed by atoms with Crippen molar-refractivity contribution in [3.63, 3.8) is 0 Å². The molecule has 0 bridgehead atoms. The summed E-state index contributed by atoms with van der Waals surface area (Å²) < 4.78 is 0. The molecule has 0 aromatic carbocycles. The van der Waals surface area contributed by atoms with Crippen LogP contribution in [-0.4, -0.2) is 6.21 Å². The average Bonchev–Trinajstić information content (AvgIpc) is 2.14. The summed E-state index contributed by atoms with van der Waals surface area (Å²) in [5.41, 5.74) is 2.52. The number of nitrogens with zero attached hydrogens (tertiary/aromatic N) is 1. The minimum Gasteiger partial charge on any atom is -0.265 e. The van der Waals surface area contributed by atoms with Gasteiger partial charge in [-0.25, -0.2) is 0 Å². The van der Waals surface area contributed by atoms with Gasteiger partial charge in [-0.1, -0.05) is 32.9 Å². The Hall–Kier alpha value is -0.850. The molecule has 0 N–H and O–H groups in total. The highest BCUT2D eigenvalue weighted by Crippen LogP contribution is 2.19. The molecular formula is C11H17N. The molecule has 1 aliphatic rings. The lowest BCUT2D eigenvalue weighted by molar-refractivity contribution is 0.750. The monoisotopic (exact) mass is 163 g/mol. The van der Waals surface area contributed by atoms with Crippen LogP contribution in [0.15, 0.2) is 28.4 Å². The van der Waals surface area contributed by atoms with Crippen molar-refractivity contribution in [1.29, 1.82) is 0 Å². The summed E-state index contributed by atoms with van der Waals surface area (Å²) in [6.45, 7) is 8.64. The van der Waals surface area contributed by atoms with E-state index >= 15 is 0 Å². The first kappa shape index (κ1) is 9.24. The van der Waals surface area contributed by atoms with Gasteiger partial charge in [0.1, 0.15) is 0 Å². The molecule has 66 valence electrons. The van der Waals surface area contributed by atoms with Crippen LogP contribution in [0, 0.1) is 11.8 Å². The zero-order valence-electron chi connectivity index (χ0n) is 8.33. The van der Waals surface area contributed by atoms with E-state index in [0.29, 0.717) is 11.8 Å². The maximum atomic E-state index is 4.48. The SMILES string of the molecule is CC1=C(C(C)C)N=CC(C)C=C1. The molecule has 0 spiro atoms. The molecule has 0 aromatic heterocycles. The molecule has 1 aliphatic heterocycles. The summed E-state index contributed by atoms with van der Waals surface area (Å²) in [7, 11) is 0. The number of hydrogen-bond donors (Lipinski definition) is 0. The zero-order chi connectivity index (χ0) is 9.14. The van der Waals surface area contributed by atoms with E-state index in [1.165, 1.54) is 11.3 Å². The second-order valence-electron chi connectivity index (χ2n) is 3.72. The van der Waals surface area contributed by atoms with Gasteiger partial charge in [0, 0.05) is 17.8 Å². The third-order valence-electron chi connectivity index (χ3n) is 2.05. The van der Waals surface area contributed by atoms with Crippen molar-refractivity contribution in [2.24, 2.45) is 16.8 Å². The molecule has 1 unspecified atom stereocenters.